The third kappa shape index (κ3) is 4.99. The van der Waals surface area contributed by atoms with Crippen LogP contribution in [0.2, 0.25) is 0 Å². The van der Waals surface area contributed by atoms with Gasteiger partial charge in [0.05, 0.1) is 11.5 Å². The SMILES string of the molecule is CC(=O)c1ccc(N2CCN(CC(=O)NC(C)C)CC2)c([N+](=O)[O-])c1. The van der Waals surface area contributed by atoms with Crippen molar-refractivity contribution in [2.45, 2.75) is 26.8 Å². The minimum atomic E-state index is -0.454. The molecule has 1 heterocycles. The van der Waals surface area contributed by atoms with E-state index in [1.807, 2.05) is 23.6 Å². The summed E-state index contributed by atoms with van der Waals surface area (Å²) in [7, 11) is 0. The first kappa shape index (κ1) is 18.9. The molecule has 1 saturated heterocycles. The number of nitro benzene ring substituents is 1. The molecule has 0 radical (unpaired) electrons. The number of hydrogen-bond donors (Lipinski definition) is 1. The summed E-state index contributed by atoms with van der Waals surface area (Å²) in [5.74, 6) is -0.212. The highest BCUT2D eigenvalue weighted by Crippen LogP contribution is 2.30. The van der Waals surface area contributed by atoms with Gasteiger partial charge in [0.25, 0.3) is 5.69 Å². The molecule has 136 valence electrons. The molecule has 0 bridgehead atoms. The summed E-state index contributed by atoms with van der Waals surface area (Å²) in [6.07, 6.45) is 0. The van der Waals surface area contributed by atoms with Gasteiger partial charge in [-0.3, -0.25) is 24.6 Å². The molecule has 0 saturated carbocycles. The van der Waals surface area contributed by atoms with Crippen LogP contribution in [-0.2, 0) is 4.79 Å². The normalized spacial score (nSPS) is 15.3. The second kappa shape index (κ2) is 8.06. The molecule has 1 N–H and O–H groups in total. The third-order valence-corrected chi connectivity index (χ3v) is 4.11. The summed E-state index contributed by atoms with van der Waals surface area (Å²) >= 11 is 0. The van der Waals surface area contributed by atoms with E-state index in [0.29, 0.717) is 44.0 Å². The number of hydrogen-bond acceptors (Lipinski definition) is 6. The third-order valence-electron chi connectivity index (χ3n) is 4.11. The van der Waals surface area contributed by atoms with Crippen LogP contribution in [0.3, 0.4) is 0 Å². The number of ketones is 1. The Morgan fingerprint density at radius 1 is 1.24 bits per heavy atom. The number of nitro groups is 1. The van der Waals surface area contributed by atoms with Crippen molar-refractivity contribution in [2.24, 2.45) is 0 Å². The first-order valence-corrected chi connectivity index (χ1v) is 8.34. The number of carbonyl (C=O) groups is 2. The van der Waals surface area contributed by atoms with Crippen LogP contribution in [0, 0.1) is 10.1 Å². The molecule has 8 nitrogen and oxygen atoms in total. The number of piperazine rings is 1. The van der Waals surface area contributed by atoms with Gasteiger partial charge in [0.15, 0.2) is 5.78 Å². The zero-order chi connectivity index (χ0) is 18.6. The second-order valence-electron chi connectivity index (χ2n) is 6.50. The second-order valence-corrected chi connectivity index (χ2v) is 6.50. The lowest BCUT2D eigenvalue weighted by molar-refractivity contribution is -0.384. The Hall–Kier alpha value is -2.48. The van der Waals surface area contributed by atoms with Crippen molar-refractivity contribution in [3.05, 3.63) is 33.9 Å². The summed E-state index contributed by atoms with van der Waals surface area (Å²) in [5, 5.41) is 14.2. The van der Waals surface area contributed by atoms with Crippen molar-refractivity contribution >= 4 is 23.1 Å². The van der Waals surface area contributed by atoms with E-state index in [9.17, 15) is 19.7 Å². The van der Waals surface area contributed by atoms with Crippen LogP contribution < -0.4 is 10.2 Å². The molecular weight excluding hydrogens is 324 g/mol. The fourth-order valence-electron chi connectivity index (χ4n) is 2.87. The number of Topliss-reactive ketones (excluding diaryl/α,β-unsaturated/α-hetero) is 1. The van der Waals surface area contributed by atoms with Gasteiger partial charge in [-0.05, 0) is 32.9 Å². The van der Waals surface area contributed by atoms with E-state index < -0.39 is 4.92 Å². The smallest absolute Gasteiger partial charge is 0.293 e. The van der Waals surface area contributed by atoms with Crippen LogP contribution in [0.1, 0.15) is 31.1 Å². The highest BCUT2D eigenvalue weighted by molar-refractivity contribution is 5.95. The average molecular weight is 348 g/mol. The van der Waals surface area contributed by atoms with Crippen molar-refractivity contribution in [3.63, 3.8) is 0 Å². The minimum Gasteiger partial charge on any atom is -0.363 e. The molecule has 0 aromatic heterocycles. The molecule has 1 amide bonds. The zero-order valence-corrected chi connectivity index (χ0v) is 14.8. The van der Waals surface area contributed by atoms with E-state index >= 15 is 0 Å². The van der Waals surface area contributed by atoms with E-state index in [-0.39, 0.29) is 23.4 Å². The largest absolute Gasteiger partial charge is 0.363 e. The monoisotopic (exact) mass is 348 g/mol. The van der Waals surface area contributed by atoms with Crippen LogP contribution in [0.15, 0.2) is 18.2 Å². The maximum absolute atomic E-state index is 11.8. The Kier molecular flexibility index (Phi) is 6.08. The standard InChI is InChI=1S/C17H24N4O4/c1-12(2)18-17(23)11-19-6-8-20(9-7-19)15-5-4-14(13(3)22)10-16(15)21(24)25/h4-5,10,12H,6-9,11H2,1-3H3,(H,18,23). The van der Waals surface area contributed by atoms with E-state index in [0.717, 1.165) is 0 Å². The fourth-order valence-corrected chi connectivity index (χ4v) is 2.87. The van der Waals surface area contributed by atoms with Crippen LogP contribution in [0.4, 0.5) is 11.4 Å². The number of nitrogens with zero attached hydrogens (tertiary/aromatic N) is 3. The summed E-state index contributed by atoms with van der Waals surface area (Å²) in [5.41, 5.74) is 0.791. The Bertz CT molecular complexity index is 667. The minimum absolute atomic E-state index is 0.0137. The maximum Gasteiger partial charge on any atom is 0.293 e. The Morgan fingerprint density at radius 3 is 2.40 bits per heavy atom. The van der Waals surface area contributed by atoms with Gasteiger partial charge >= 0.3 is 0 Å². The van der Waals surface area contributed by atoms with Gasteiger partial charge in [-0.25, -0.2) is 0 Å². The number of anilines is 1. The molecule has 0 spiro atoms. The molecule has 0 aliphatic carbocycles. The van der Waals surface area contributed by atoms with Gasteiger partial charge in [0.2, 0.25) is 5.91 Å². The van der Waals surface area contributed by atoms with Gasteiger partial charge in [0, 0.05) is 43.9 Å². The van der Waals surface area contributed by atoms with Crippen LogP contribution >= 0.6 is 0 Å². The Balaban J connectivity index is 2.04. The van der Waals surface area contributed by atoms with Crippen LogP contribution in [0.5, 0.6) is 0 Å². The molecule has 8 heteroatoms. The van der Waals surface area contributed by atoms with E-state index in [2.05, 4.69) is 5.32 Å². The number of nitrogens with one attached hydrogen (secondary N) is 1. The number of carbonyl (C=O) groups excluding carboxylic acids is 2. The molecule has 1 aliphatic rings. The first-order valence-electron chi connectivity index (χ1n) is 8.34. The van der Waals surface area contributed by atoms with Crippen molar-refractivity contribution in [3.8, 4) is 0 Å². The molecule has 25 heavy (non-hydrogen) atoms. The van der Waals surface area contributed by atoms with Crippen LogP contribution in [-0.4, -0.2) is 60.3 Å². The highest BCUT2D eigenvalue weighted by Gasteiger charge is 2.25. The maximum atomic E-state index is 11.8. The quantitative estimate of drug-likeness (QED) is 0.475. The average Bonchev–Trinajstić information content (AvgIpc) is 2.54. The predicted octanol–water partition coefficient (Wildman–Crippen LogP) is 1.44. The van der Waals surface area contributed by atoms with E-state index in [4.69, 9.17) is 0 Å². The molecule has 1 aliphatic heterocycles. The van der Waals surface area contributed by atoms with E-state index in [1.165, 1.54) is 13.0 Å². The van der Waals surface area contributed by atoms with Gasteiger partial charge in [-0.1, -0.05) is 0 Å². The molecule has 1 fully saturated rings. The fraction of sp³-hybridized carbons (Fsp3) is 0.529. The van der Waals surface area contributed by atoms with Crippen molar-refractivity contribution in [1.29, 1.82) is 0 Å². The van der Waals surface area contributed by atoms with Gasteiger partial charge in [-0.2, -0.15) is 0 Å². The number of amides is 1. The number of benzene rings is 1. The lowest BCUT2D eigenvalue weighted by Gasteiger charge is -2.35. The number of rotatable bonds is 6. The lowest BCUT2D eigenvalue weighted by atomic mass is 10.1. The molecule has 0 atom stereocenters. The molecular formula is C17H24N4O4. The molecule has 2 rings (SSSR count). The molecule has 1 aromatic carbocycles. The topological polar surface area (TPSA) is 95.8 Å². The van der Waals surface area contributed by atoms with E-state index in [1.54, 1.807) is 12.1 Å². The Morgan fingerprint density at radius 2 is 1.88 bits per heavy atom. The molecule has 0 unspecified atom stereocenters. The van der Waals surface area contributed by atoms with Gasteiger partial charge in [-0.15, -0.1) is 0 Å². The van der Waals surface area contributed by atoms with Gasteiger partial charge < -0.3 is 10.2 Å². The lowest BCUT2D eigenvalue weighted by Crippen LogP contribution is -2.50. The van der Waals surface area contributed by atoms with Crippen molar-refractivity contribution < 1.29 is 14.5 Å². The summed E-state index contributed by atoms with van der Waals surface area (Å²) in [6.45, 7) is 8.04. The molecule has 1 aromatic rings. The van der Waals surface area contributed by atoms with Crippen molar-refractivity contribution in [1.82, 2.24) is 10.2 Å². The summed E-state index contributed by atoms with van der Waals surface area (Å²) < 4.78 is 0. The van der Waals surface area contributed by atoms with Gasteiger partial charge in [0.1, 0.15) is 5.69 Å². The van der Waals surface area contributed by atoms with Crippen molar-refractivity contribution in [2.75, 3.05) is 37.6 Å². The summed E-state index contributed by atoms with van der Waals surface area (Å²) in [6, 6.07) is 4.69. The summed E-state index contributed by atoms with van der Waals surface area (Å²) in [4.78, 5) is 38.1. The zero-order valence-electron chi connectivity index (χ0n) is 14.8. The Labute approximate surface area is 146 Å². The predicted molar refractivity (Wildman–Crippen MR) is 95.0 cm³/mol. The first-order chi connectivity index (χ1) is 11.8. The highest BCUT2D eigenvalue weighted by atomic mass is 16.6. The van der Waals surface area contributed by atoms with Crippen LogP contribution in [0.25, 0.3) is 0 Å².